The van der Waals surface area contributed by atoms with Crippen LogP contribution in [0.5, 0.6) is 0 Å². The van der Waals surface area contributed by atoms with E-state index in [1.807, 2.05) is 53.8 Å². The second kappa shape index (κ2) is 9.33. The lowest BCUT2D eigenvalue weighted by molar-refractivity contribution is -0.151. The topological polar surface area (TPSA) is 105 Å². The maximum absolute atomic E-state index is 14.1. The molecule has 170 valence electrons. The third kappa shape index (κ3) is 4.87. The lowest BCUT2D eigenvalue weighted by Gasteiger charge is -2.22. The van der Waals surface area contributed by atoms with Gasteiger partial charge in [-0.2, -0.15) is 8.78 Å². The van der Waals surface area contributed by atoms with Crippen LogP contribution in [0.1, 0.15) is 30.9 Å². The standard InChI is InChI=1S/C23H24F2N2O5/c1-13(2)19(20(28)29)27-21(30)23(24,25)12-26-22(31)32-11-18-16-9-5-3-7-14(16)15-8-4-6-10-17(15)18/h3-10,13,18-19H,11-12H2,1-2H3,(H,26,31)(H,27,30)(H,28,29)/t19-/m1/s1. The number of carboxylic acids is 1. The van der Waals surface area contributed by atoms with Gasteiger partial charge in [-0.1, -0.05) is 62.4 Å². The number of amides is 2. The molecule has 32 heavy (non-hydrogen) atoms. The number of hydrogen-bond acceptors (Lipinski definition) is 4. The van der Waals surface area contributed by atoms with Crippen LogP contribution in [0.15, 0.2) is 48.5 Å². The number of carboxylic acid groups (broad SMARTS) is 1. The molecule has 1 aliphatic carbocycles. The van der Waals surface area contributed by atoms with Gasteiger partial charge in [0.2, 0.25) is 0 Å². The molecule has 0 aromatic heterocycles. The van der Waals surface area contributed by atoms with Gasteiger partial charge in [0, 0.05) is 5.92 Å². The average molecular weight is 446 g/mol. The molecule has 0 fully saturated rings. The van der Waals surface area contributed by atoms with Crippen molar-refractivity contribution >= 4 is 18.0 Å². The molecule has 7 nitrogen and oxygen atoms in total. The van der Waals surface area contributed by atoms with Gasteiger partial charge in [-0.15, -0.1) is 0 Å². The Labute approximate surface area is 183 Å². The molecule has 0 bridgehead atoms. The van der Waals surface area contributed by atoms with Crippen molar-refractivity contribution in [2.75, 3.05) is 13.2 Å². The molecule has 3 N–H and O–H groups in total. The highest BCUT2D eigenvalue weighted by atomic mass is 19.3. The highest BCUT2D eigenvalue weighted by molar-refractivity contribution is 5.88. The summed E-state index contributed by atoms with van der Waals surface area (Å²) < 4.78 is 33.4. The summed E-state index contributed by atoms with van der Waals surface area (Å²) in [6.07, 6.45) is -1.10. The molecule has 0 unspecified atom stereocenters. The fourth-order valence-electron chi connectivity index (χ4n) is 3.67. The zero-order valence-corrected chi connectivity index (χ0v) is 17.6. The Morgan fingerprint density at radius 1 is 1.03 bits per heavy atom. The Morgan fingerprint density at radius 3 is 2.06 bits per heavy atom. The van der Waals surface area contributed by atoms with Crippen LogP contribution >= 0.6 is 0 Å². The van der Waals surface area contributed by atoms with Crippen LogP contribution in [-0.4, -0.2) is 48.2 Å². The number of halogens is 2. The van der Waals surface area contributed by atoms with Crippen molar-refractivity contribution in [2.45, 2.75) is 31.7 Å². The van der Waals surface area contributed by atoms with Crippen molar-refractivity contribution in [1.29, 1.82) is 0 Å². The summed E-state index contributed by atoms with van der Waals surface area (Å²) in [6, 6.07) is 13.9. The molecular weight excluding hydrogens is 422 g/mol. The van der Waals surface area contributed by atoms with Crippen molar-refractivity contribution in [3.05, 3.63) is 59.7 Å². The van der Waals surface area contributed by atoms with E-state index in [0.29, 0.717) is 0 Å². The van der Waals surface area contributed by atoms with E-state index < -0.39 is 42.4 Å². The smallest absolute Gasteiger partial charge is 0.407 e. The molecule has 2 amide bonds. The Kier molecular flexibility index (Phi) is 6.76. The average Bonchev–Trinajstić information content (AvgIpc) is 3.07. The molecule has 9 heteroatoms. The van der Waals surface area contributed by atoms with E-state index in [1.54, 1.807) is 5.32 Å². The van der Waals surface area contributed by atoms with E-state index in [1.165, 1.54) is 13.8 Å². The van der Waals surface area contributed by atoms with Gasteiger partial charge in [-0.3, -0.25) is 4.79 Å². The largest absolute Gasteiger partial charge is 0.480 e. The predicted molar refractivity (Wildman–Crippen MR) is 112 cm³/mol. The summed E-state index contributed by atoms with van der Waals surface area (Å²) in [7, 11) is 0. The lowest BCUT2D eigenvalue weighted by atomic mass is 9.98. The van der Waals surface area contributed by atoms with Crippen LogP contribution in [0.3, 0.4) is 0 Å². The molecule has 1 atom stereocenters. The first-order chi connectivity index (χ1) is 15.1. The van der Waals surface area contributed by atoms with Crippen molar-refractivity contribution < 1.29 is 33.0 Å². The zero-order valence-electron chi connectivity index (χ0n) is 17.6. The highest BCUT2D eigenvalue weighted by Crippen LogP contribution is 2.44. The number of ether oxygens (including phenoxy) is 1. The number of fused-ring (bicyclic) bond motifs is 3. The van der Waals surface area contributed by atoms with E-state index in [2.05, 4.69) is 0 Å². The molecule has 2 aromatic carbocycles. The van der Waals surface area contributed by atoms with Gasteiger partial charge < -0.3 is 20.5 Å². The van der Waals surface area contributed by atoms with Crippen molar-refractivity contribution in [1.82, 2.24) is 10.6 Å². The summed E-state index contributed by atoms with van der Waals surface area (Å²) in [6.45, 7) is 1.57. The number of alkyl carbamates (subject to hydrolysis) is 1. The van der Waals surface area contributed by atoms with Crippen molar-refractivity contribution in [3.63, 3.8) is 0 Å². The van der Waals surface area contributed by atoms with E-state index in [0.717, 1.165) is 22.3 Å². The summed E-state index contributed by atoms with van der Waals surface area (Å²) in [5.41, 5.74) is 4.00. The van der Waals surface area contributed by atoms with Crippen molar-refractivity contribution in [3.8, 4) is 11.1 Å². The van der Waals surface area contributed by atoms with E-state index >= 15 is 0 Å². The molecule has 2 aromatic rings. The van der Waals surface area contributed by atoms with Crippen molar-refractivity contribution in [2.24, 2.45) is 5.92 Å². The molecule has 0 radical (unpaired) electrons. The zero-order chi connectivity index (χ0) is 23.5. The molecular formula is C23H24F2N2O5. The number of aliphatic carboxylic acids is 1. The SMILES string of the molecule is CC(C)[C@@H](NC(=O)C(F)(F)CNC(=O)OCC1c2ccccc2-c2ccccc21)C(=O)O. The van der Waals surface area contributed by atoms with Gasteiger partial charge in [0.25, 0.3) is 5.91 Å². The van der Waals surface area contributed by atoms with Gasteiger partial charge in [0.15, 0.2) is 0 Å². The first-order valence-corrected chi connectivity index (χ1v) is 10.1. The fourth-order valence-corrected chi connectivity index (χ4v) is 3.67. The predicted octanol–water partition coefficient (Wildman–Crippen LogP) is 3.39. The molecule has 0 heterocycles. The first-order valence-electron chi connectivity index (χ1n) is 10.1. The van der Waals surface area contributed by atoms with E-state index in [4.69, 9.17) is 9.84 Å². The van der Waals surface area contributed by atoms with Crippen LogP contribution in [0, 0.1) is 5.92 Å². The van der Waals surface area contributed by atoms with Gasteiger partial charge in [-0.25, -0.2) is 9.59 Å². The second-order valence-corrected chi connectivity index (χ2v) is 7.92. The number of carbonyl (C=O) groups is 3. The summed E-state index contributed by atoms with van der Waals surface area (Å²) in [5.74, 6) is -8.04. The summed E-state index contributed by atoms with van der Waals surface area (Å²) in [5, 5.41) is 12.7. The highest BCUT2D eigenvalue weighted by Gasteiger charge is 2.42. The number of carbonyl (C=O) groups excluding carboxylic acids is 2. The Morgan fingerprint density at radius 2 is 1.56 bits per heavy atom. The van der Waals surface area contributed by atoms with Gasteiger partial charge in [0.1, 0.15) is 12.6 Å². The maximum Gasteiger partial charge on any atom is 0.407 e. The molecule has 0 saturated heterocycles. The van der Waals surface area contributed by atoms with E-state index in [-0.39, 0.29) is 12.5 Å². The summed E-state index contributed by atoms with van der Waals surface area (Å²) in [4.78, 5) is 35.0. The Hall–Kier alpha value is -3.49. The van der Waals surface area contributed by atoms with Crippen LogP contribution in [0.25, 0.3) is 11.1 Å². The monoisotopic (exact) mass is 446 g/mol. The number of alkyl halides is 2. The van der Waals surface area contributed by atoms with Gasteiger partial charge in [0.05, 0.1) is 6.54 Å². The normalized spacial score (nSPS) is 13.8. The Balaban J connectivity index is 1.57. The minimum atomic E-state index is -4.01. The minimum absolute atomic E-state index is 0.0634. The minimum Gasteiger partial charge on any atom is -0.480 e. The van der Waals surface area contributed by atoms with Crippen LogP contribution in [-0.2, 0) is 14.3 Å². The number of hydrogen-bond donors (Lipinski definition) is 3. The van der Waals surface area contributed by atoms with Gasteiger partial charge in [-0.05, 0) is 28.2 Å². The first kappa shape index (κ1) is 23.2. The second-order valence-electron chi connectivity index (χ2n) is 7.92. The maximum atomic E-state index is 14.1. The number of nitrogens with one attached hydrogen (secondary N) is 2. The third-order valence-electron chi connectivity index (χ3n) is 5.35. The van der Waals surface area contributed by atoms with Crippen LogP contribution in [0.2, 0.25) is 0 Å². The lowest BCUT2D eigenvalue weighted by Crippen LogP contribution is -2.54. The van der Waals surface area contributed by atoms with Crippen LogP contribution < -0.4 is 10.6 Å². The Bertz CT molecular complexity index is 979. The molecule has 0 aliphatic heterocycles. The molecule has 0 spiro atoms. The van der Waals surface area contributed by atoms with E-state index in [9.17, 15) is 23.2 Å². The number of benzene rings is 2. The van der Waals surface area contributed by atoms with Gasteiger partial charge >= 0.3 is 18.0 Å². The van der Waals surface area contributed by atoms with Crippen LogP contribution in [0.4, 0.5) is 13.6 Å². The summed E-state index contributed by atoms with van der Waals surface area (Å²) >= 11 is 0. The molecule has 3 rings (SSSR count). The number of rotatable bonds is 8. The fraction of sp³-hybridized carbons (Fsp3) is 0.348. The molecule has 1 aliphatic rings. The molecule has 0 saturated carbocycles. The third-order valence-corrected chi connectivity index (χ3v) is 5.35. The quantitative estimate of drug-likeness (QED) is 0.577.